The van der Waals surface area contributed by atoms with Crippen molar-refractivity contribution in [2.45, 2.75) is 25.8 Å². The molecule has 4 nitrogen and oxygen atoms in total. The van der Waals surface area contributed by atoms with Crippen LogP contribution in [0.5, 0.6) is 0 Å². The van der Waals surface area contributed by atoms with E-state index in [1.807, 2.05) is 54.2 Å². The molecule has 0 saturated carbocycles. The molecule has 0 saturated heterocycles. The van der Waals surface area contributed by atoms with Gasteiger partial charge in [-0.15, -0.1) is 0 Å². The van der Waals surface area contributed by atoms with Gasteiger partial charge in [-0.25, -0.2) is 4.68 Å². The van der Waals surface area contributed by atoms with Crippen LogP contribution in [-0.4, -0.2) is 15.7 Å². The number of nitrogens with one attached hydrogen (secondary N) is 1. The van der Waals surface area contributed by atoms with E-state index >= 15 is 0 Å². The Balaban J connectivity index is 1.55. The Labute approximate surface area is 162 Å². The van der Waals surface area contributed by atoms with Gasteiger partial charge in [0, 0.05) is 22.7 Å². The van der Waals surface area contributed by atoms with Gasteiger partial charge in [0.25, 0.3) is 0 Å². The first kappa shape index (κ1) is 18.5. The van der Waals surface area contributed by atoms with Crippen molar-refractivity contribution in [3.8, 4) is 5.69 Å². The molecule has 3 aromatic rings. The maximum atomic E-state index is 12.2. The van der Waals surface area contributed by atoms with Gasteiger partial charge in [0.1, 0.15) is 0 Å². The SMILES string of the molecule is CC(NC(=O)CCc1cnn(-c2ccccc2)c1)c1ccc(Cl)cc1Cl. The molecular weight excluding hydrogens is 369 g/mol. The Hall–Kier alpha value is -2.30. The number of carbonyl (C=O) groups is 1. The molecule has 3 rings (SSSR count). The second-order valence-corrected chi connectivity index (χ2v) is 6.93. The number of nitrogens with zero attached hydrogens (tertiary/aromatic N) is 2. The van der Waals surface area contributed by atoms with Crippen molar-refractivity contribution >= 4 is 29.1 Å². The lowest BCUT2D eigenvalue weighted by atomic mass is 10.1. The molecular formula is C20H19Cl2N3O. The maximum Gasteiger partial charge on any atom is 0.220 e. The van der Waals surface area contributed by atoms with Crippen molar-refractivity contribution < 1.29 is 4.79 Å². The fourth-order valence-electron chi connectivity index (χ4n) is 2.71. The Morgan fingerprint density at radius 2 is 1.96 bits per heavy atom. The zero-order chi connectivity index (χ0) is 18.5. The lowest BCUT2D eigenvalue weighted by Gasteiger charge is -2.16. The highest BCUT2D eigenvalue weighted by Crippen LogP contribution is 2.26. The smallest absolute Gasteiger partial charge is 0.220 e. The monoisotopic (exact) mass is 387 g/mol. The van der Waals surface area contributed by atoms with Gasteiger partial charge in [-0.1, -0.05) is 47.5 Å². The fourth-order valence-corrected chi connectivity index (χ4v) is 3.29. The van der Waals surface area contributed by atoms with Crippen LogP contribution in [0, 0.1) is 0 Å². The van der Waals surface area contributed by atoms with Crippen LogP contribution in [-0.2, 0) is 11.2 Å². The van der Waals surface area contributed by atoms with Crippen LogP contribution in [0.25, 0.3) is 5.69 Å². The van der Waals surface area contributed by atoms with Crippen LogP contribution in [0.2, 0.25) is 10.0 Å². The van der Waals surface area contributed by atoms with Crippen molar-refractivity contribution in [1.82, 2.24) is 15.1 Å². The molecule has 2 aromatic carbocycles. The Kier molecular flexibility index (Phi) is 5.96. The lowest BCUT2D eigenvalue weighted by molar-refractivity contribution is -0.121. The summed E-state index contributed by atoms with van der Waals surface area (Å²) in [6, 6.07) is 15.0. The second-order valence-electron chi connectivity index (χ2n) is 6.08. The van der Waals surface area contributed by atoms with Gasteiger partial charge < -0.3 is 5.32 Å². The van der Waals surface area contributed by atoms with E-state index in [9.17, 15) is 4.79 Å². The number of benzene rings is 2. The molecule has 1 unspecified atom stereocenters. The average molecular weight is 388 g/mol. The highest BCUT2D eigenvalue weighted by Gasteiger charge is 2.13. The Morgan fingerprint density at radius 1 is 1.19 bits per heavy atom. The lowest BCUT2D eigenvalue weighted by Crippen LogP contribution is -2.27. The molecule has 0 radical (unpaired) electrons. The van der Waals surface area contributed by atoms with E-state index in [0.717, 1.165) is 16.8 Å². The summed E-state index contributed by atoms with van der Waals surface area (Å²) in [4.78, 5) is 12.2. The van der Waals surface area contributed by atoms with Gasteiger partial charge in [-0.2, -0.15) is 5.10 Å². The number of aryl methyl sites for hydroxylation is 1. The number of carbonyl (C=O) groups excluding carboxylic acids is 1. The molecule has 1 amide bonds. The first-order valence-corrected chi connectivity index (χ1v) is 9.12. The van der Waals surface area contributed by atoms with Gasteiger partial charge in [0.2, 0.25) is 5.91 Å². The number of halogens is 2. The Morgan fingerprint density at radius 3 is 2.69 bits per heavy atom. The van der Waals surface area contributed by atoms with Crippen molar-refractivity contribution in [1.29, 1.82) is 0 Å². The molecule has 26 heavy (non-hydrogen) atoms. The third-order valence-corrected chi connectivity index (χ3v) is 4.67. The quantitative estimate of drug-likeness (QED) is 0.647. The van der Waals surface area contributed by atoms with E-state index in [4.69, 9.17) is 23.2 Å². The van der Waals surface area contributed by atoms with E-state index in [-0.39, 0.29) is 11.9 Å². The number of rotatable bonds is 6. The number of hydrogen-bond acceptors (Lipinski definition) is 2. The third-order valence-electron chi connectivity index (χ3n) is 4.10. The third kappa shape index (κ3) is 4.65. The van der Waals surface area contributed by atoms with Gasteiger partial charge in [0.15, 0.2) is 0 Å². The average Bonchev–Trinajstić information content (AvgIpc) is 3.09. The number of amides is 1. The Bertz CT molecular complexity index is 893. The zero-order valence-corrected chi connectivity index (χ0v) is 15.8. The van der Waals surface area contributed by atoms with Gasteiger partial charge in [-0.3, -0.25) is 4.79 Å². The summed E-state index contributed by atoms with van der Waals surface area (Å²) in [5.41, 5.74) is 2.86. The van der Waals surface area contributed by atoms with Crippen LogP contribution in [0.1, 0.15) is 30.5 Å². The molecule has 0 fully saturated rings. The molecule has 1 aromatic heterocycles. The first-order valence-electron chi connectivity index (χ1n) is 8.36. The molecule has 1 N–H and O–H groups in total. The van der Waals surface area contributed by atoms with Gasteiger partial charge >= 0.3 is 0 Å². The highest BCUT2D eigenvalue weighted by atomic mass is 35.5. The normalized spacial score (nSPS) is 12.0. The fraction of sp³-hybridized carbons (Fsp3) is 0.200. The molecule has 1 heterocycles. The predicted octanol–water partition coefficient (Wildman–Crippen LogP) is 4.99. The zero-order valence-electron chi connectivity index (χ0n) is 14.3. The topological polar surface area (TPSA) is 46.9 Å². The number of hydrogen-bond donors (Lipinski definition) is 1. The van der Waals surface area contributed by atoms with Crippen molar-refractivity contribution in [2.24, 2.45) is 0 Å². The maximum absolute atomic E-state index is 12.2. The second kappa shape index (κ2) is 8.39. The summed E-state index contributed by atoms with van der Waals surface area (Å²) in [6.45, 7) is 1.90. The highest BCUT2D eigenvalue weighted by molar-refractivity contribution is 6.35. The minimum atomic E-state index is -0.181. The number of para-hydroxylation sites is 1. The van der Waals surface area contributed by atoms with Crippen molar-refractivity contribution in [3.05, 3.63) is 82.1 Å². The van der Waals surface area contributed by atoms with Crippen LogP contribution in [0.3, 0.4) is 0 Å². The van der Waals surface area contributed by atoms with Gasteiger partial charge in [-0.05, 0) is 48.7 Å². The standard InChI is InChI=1S/C20H19Cl2N3O/c1-14(18-9-8-16(21)11-19(18)22)24-20(26)10-7-15-12-23-25(13-15)17-5-3-2-4-6-17/h2-6,8-9,11-14H,7,10H2,1H3,(H,24,26). The first-order chi connectivity index (χ1) is 12.5. The van der Waals surface area contributed by atoms with Gasteiger partial charge in [0.05, 0.1) is 17.9 Å². The van der Waals surface area contributed by atoms with Crippen molar-refractivity contribution in [2.75, 3.05) is 0 Å². The summed E-state index contributed by atoms with van der Waals surface area (Å²) in [5, 5.41) is 8.45. The molecule has 0 aliphatic heterocycles. The van der Waals surface area contributed by atoms with E-state index < -0.39 is 0 Å². The van der Waals surface area contributed by atoms with Crippen LogP contribution >= 0.6 is 23.2 Å². The molecule has 6 heteroatoms. The minimum absolute atomic E-state index is 0.0315. The van der Waals surface area contributed by atoms with E-state index in [1.54, 1.807) is 18.3 Å². The molecule has 1 atom stereocenters. The van der Waals surface area contributed by atoms with Crippen LogP contribution < -0.4 is 5.32 Å². The summed E-state index contributed by atoms with van der Waals surface area (Å²) in [6.07, 6.45) is 4.75. The molecule has 134 valence electrons. The van der Waals surface area contributed by atoms with E-state index in [2.05, 4.69) is 10.4 Å². The van der Waals surface area contributed by atoms with E-state index in [0.29, 0.717) is 22.9 Å². The largest absolute Gasteiger partial charge is 0.350 e. The molecule has 0 aliphatic carbocycles. The van der Waals surface area contributed by atoms with E-state index in [1.165, 1.54) is 0 Å². The summed E-state index contributed by atoms with van der Waals surface area (Å²) >= 11 is 12.1. The minimum Gasteiger partial charge on any atom is -0.350 e. The molecule has 0 aliphatic rings. The summed E-state index contributed by atoms with van der Waals surface area (Å²) in [5.74, 6) is -0.0315. The number of aromatic nitrogens is 2. The molecule has 0 bridgehead atoms. The van der Waals surface area contributed by atoms with Crippen molar-refractivity contribution in [3.63, 3.8) is 0 Å². The van der Waals surface area contributed by atoms with Crippen LogP contribution in [0.15, 0.2) is 60.9 Å². The predicted molar refractivity (Wildman–Crippen MR) is 105 cm³/mol. The molecule has 0 spiro atoms. The van der Waals surface area contributed by atoms with Crippen LogP contribution in [0.4, 0.5) is 0 Å². The summed E-state index contributed by atoms with van der Waals surface area (Å²) < 4.78 is 1.81. The summed E-state index contributed by atoms with van der Waals surface area (Å²) in [7, 11) is 0.